The highest BCUT2D eigenvalue weighted by Crippen LogP contribution is 2.37. The van der Waals surface area contributed by atoms with Crippen molar-refractivity contribution >= 4 is 44.9 Å². The zero-order valence-electron chi connectivity index (χ0n) is 19.5. The molecule has 1 aliphatic heterocycles. The summed E-state index contributed by atoms with van der Waals surface area (Å²) in [5.74, 6) is 0.573. The van der Waals surface area contributed by atoms with E-state index in [1.165, 1.54) is 0 Å². The van der Waals surface area contributed by atoms with Gasteiger partial charge in [0.25, 0.3) is 5.91 Å². The molecule has 34 heavy (non-hydrogen) atoms. The number of nitrogens with one attached hydrogen (secondary N) is 2. The number of aromatic nitrogens is 2. The average molecular weight is 499 g/mol. The number of carbonyl (C=O) groups is 1. The van der Waals surface area contributed by atoms with Crippen molar-refractivity contribution in [2.24, 2.45) is 0 Å². The summed E-state index contributed by atoms with van der Waals surface area (Å²) in [6, 6.07) is 8.20. The van der Waals surface area contributed by atoms with E-state index in [1.54, 1.807) is 17.5 Å². The van der Waals surface area contributed by atoms with Crippen molar-refractivity contribution in [3.8, 4) is 10.6 Å². The van der Waals surface area contributed by atoms with Gasteiger partial charge in [-0.25, -0.2) is 9.97 Å². The zero-order valence-corrected chi connectivity index (χ0v) is 21.1. The smallest absolute Gasteiger partial charge is 0.252 e. The first-order valence-electron chi connectivity index (χ1n) is 12.2. The molecule has 1 saturated heterocycles. The minimum atomic E-state index is -0.00954. The number of thiophene rings is 1. The van der Waals surface area contributed by atoms with Crippen molar-refractivity contribution in [2.75, 3.05) is 51.1 Å². The molecule has 0 radical (unpaired) electrons. The molecule has 1 aromatic carbocycles. The number of hydrogen-bond acceptors (Lipinski definition) is 7. The summed E-state index contributed by atoms with van der Waals surface area (Å²) >= 11 is 8.08. The van der Waals surface area contributed by atoms with Gasteiger partial charge in [0, 0.05) is 54.4 Å². The van der Waals surface area contributed by atoms with E-state index in [4.69, 9.17) is 16.6 Å². The molecule has 2 N–H and O–H groups in total. The Kier molecular flexibility index (Phi) is 7.29. The standard InChI is InChI=1S/C25H31ClN6OS/c1-2-31-11-13-32(14-12-31)10-4-9-27-25-28-16-20(26)23(30-25)22-15-19-18(5-3-6-21(19)34-22)24(33)29-17-7-8-17/h3,5-6,15-17H,2,4,7-14H2,1H3,(H,29,33)(H,27,28,30). The van der Waals surface area contributed by atoms with E-state index < -0.39 is 0 Å². The van der Waals surface area contributed by atoms with Crippen LogP contribution in [0.25, 0.3) is 20.7 Å². The summed E-state index contributed by atoms with van der Waals surface area (Å²) in [6.45, 7) is 9.85. The Morgan fingerprint density at radius 2 is 2.00 bits per heavy atom. The molecule has 3 aromatic rings. The molecule has 2 fully saturated rings. The summed E-state index contributed by atoms with van der Waals surface area (Å²) in [4.78, 5) is 27.7. The maximum Gasteiger partial charge on any atom is 0.252 e. The molecular weight excluding hydrogens is 468 g/mol. The molecule has 0 atom stereocenters. The van der Waals surface area contributed by atoms with Crippen LogP contribution in [-0.4, -0.2) is 77.5 Å². The van der Waals surface area contributed by atoms with Crippen LogP contribution in [0, 0.1) is 0 Å². The van der Waals surface area contributed by atoms with Gasteiger partial charge >= 0.3 is 0 Å². The number of rotatable bonds is 9. The molecule has 0 unspecified atom stereocenters. The molecule has 2 aromatic heterocycles. The van der Waals surface area contributed by atoms with Crippen molar-refractivity contribution in [3.63, 3.8) is 0 Å². The zero-order chi connectivity index (χ0) is 23.5. The fraction of sp³-hybridized carbons (Fsp3) is 0.480. The lowest BCUT2D eigenvalue weighted by molar-refractivity contribution is 0.0953. The fourth-order valence-corrected chi connectivity index (χ4v) is 5.66. The van der Waals surface area contributed by atoms with Crippen molar-refractivity contribution in [1.29, 1.82) is 0 Å². The second-order valence-electron chi connectivity index (χ2n) is 9.02. The molecule has 1 amide bonds. The average Bonchev–Trinajstić information content (AvgIpc) is 3.56. The lowest BCUT2D eigenvalue weighted by Crippen LogP contribution is -2.46. The highest BCUT2D eigenvalue weighted by molar-refractivity contribution is 7.22. The number of hydrogen-bond donors (Lipinski definition) is 2. The fourth-order valence-electron chi connectivity index (χ4n) is 4.32. The number of nitrogens with zero attached hydrogens (tertiary/aromatic N) is 4. The topological polar surface area (TPSA) is 73.4 Å². The third-order valence-electron chi connectivity index (χ3n) is 6.54. The lowest BCUT2D eigenvalue weighted by atomic mass is 10.1. The highest BCUT2D eigenvalue weighted by atomic mass is 35.5. The first-order chi connectivity index (χ1) is 16.6. The maximum atomic E-state index is 12.7. The number of likely N-dealkylation sites (N-methyl/N-ethyl adjacent to an activating group) is 1. The van der Waals surface area contributed by atoms with Gasteiger partial charge in [-0.3, -0.25) is 4.79 Å². The molecule has 1 aliphatic carbocycles. The maximum absolute atomic E-state index is 12.7. The first kappa shape index (κ1) is 23.5. The van der Waals surface area contributed by atoms with Gasteiger partial charge in [0.15, 0.2) is 0 Å². The number of halogens is 1. The summed E-state index contributed by atoms with van der Waals surface area (Å²) in [7, 11) is 0. The minimum Gasteiger partial charge on any atom is -0.354 e. The predicted octanol–water partition coefficient (Wildman–Crippen LogP) is 4.34. The minimum absolute atomic E-state index is 0.00954. The Balaban J connectivity index is 1.24. The van der Waals surface area contributed by atoms with Gasteiger partial charge in [-0.2, -0.15) is 0 Å². The Labute approximate surface area is 209 Å². The third-order valence-corrected chi connectivity index (χ3v) is 7.93. The van der Waals surface area contributed by atoms with Gasteiger partial charge in [-0.05, 0) is 50.6 Å². The summed E-state index contributed by atoms with van der Waals surface area (Å²) in [6.07, 6.45) is 4.83. The van der Waals surface area contributed by atoms with Crippen LogP contribution in [-0.2, 0) is 0 Å². The predicted molar refractivity (Wildman–Crippen MR) is 140 cm³/mol. The van der Waals surface area contributed by atoms with E-state index in [9.17, 15) is 4.79 Å². The number of fused-ring (bicyclic) bond motifs is 1. The van der Waals surface area contributed by atoms with Gasteiger partial charge in [0.05, 0.1) is 16.1 Å². The monoisotopic (exact) mass is 498 g/mol. The summed E-state index contributed by atoms with van der Waals surface area (Å²) in [5, 5.41) is 7.89. The first-order valence-corrected chi connectivity index (χ1v) is 13.3. The van der Waals surface area contributed by atoms with Crippen molar-refractivity contribution < 1.29 is 4.79 Å². The van der Waals surface area contributed by atoms with Crippen molar-refractivity contribution in [1.82, 2.24) is 25.1 Å². The van der Waals surface area contributed by atoms with E-state index in [1.807, 2.05) is 24.3 Å². The largest absolute Gasteiger partial charge is 0.354 e. The van der Waals surface area contributed by atoms with Crippen LogP contribution in [0.1, 0.15) is 36.5 Å². The van der Waals surface area contributed by atoms with Gasteiger partial charge in [0.2, 0.25) is 5.95 Å². The summed E-state index contributed by atoms with van der Waals surface area (Å²) < 4.78 is 1.05. The molecule has 1 saturated carbocycles. The second-order valence-corrected chi connectivity index (χ2v) is 10.5. The molecule has 0 bridgehead atoms. The Bertz CT molecular complexity index is 1160. The Morgan fingerprint density at radius 3 is 2.76 bits per heavy atom. The quantitative estimate of drug-likeness (QED) is 0.427. The molecule has 0 spiro atoms. The molecule has 3 heterocycles. The molecule has 9 heteroatoms. The van der Waals surface area contributed by atoms with Crippen LogP contribution in [0.15, 0.2) is 30.5 Å². The van der Waals surface area contributed by atoms with Crippen LogP contribution in [0.4, 0.5) is 5.95 Å². The van der Waals surface area contributed by atoms with Crippen LogP contribution in [0.2, 0.25) is 5.02 Å². The highest BCUT2D eigenvalue weighted by Gasteiger charge is 2.25. The van der Waals surface area contributed by atoms with Gasteiger partial charge in [-0.15, -0.1) is 11.3 Å². The van der Waals surface area contributed by atoms with Crippen molar-refractivity contribution in [2.45, 2.75) is 32.2 Å². The van der Waals surface area contributed by atoms with E-state index in [-0.39, 0.29) is 5.91 Å². The molecule has 7 nitrogen and oxygen atoms in total. The molecule has 180 valence electrons. The Morgan fingerprint density at radius 1 is 1.21 bits per heavy atom. The van der Waals surface area contributed by atoms with E-state index in [0.29, 0.717) is 28.3 Å². The van der Waals surface area contributed by atoms with Gasteiger partial charge in [-0.1, -0.05) is 24.6 Å². The third kappa shape index (κ3) is 5.51. The van der Waals surface area contributed by atoms with Gasteiger partial charge in [0.1, 0.15) is 5.69 Å². The van der Waals surface area contributed by atoms with Gasteiger partial charge < -0.3 is 20.4 Å². The number of carbonyl (C=O) groups excluding carboxylic acids is 1. The number of anilines is 1. The normalized spacial score (nSPS) is 17.2. The van der Waals surface area contributed by atoms with E-state index >= 15 is 0 Å². The second kappa shape index (κ2) is 10.6. The van der Waals surface area contributed by atoms with E-state index in [2.05, 4.69) is 32.3 Å². The van der Waals surface area contributed by atoms with E-state index in [0.717, 1.165) is 80.0 Å². The Hall–Kier alpha value is -2.26. The van der Waals surface area contributed by atoms with Crippen LogP contribution in [0.5, 0.6) is 0 Å². The van der Waals surface area contributed by atoms with Crippen LogP contribution < -0.4 is 10.6 Å². The molecule has 2 aliphatic rings. The number of amides is 1. The van der Waals surface area contributed by atoms with Crippen molar-refractivity contribution in [3.05, 3.63) is 41.0 Å². The summed E-state index contributed by atoms with van der Waals surface area (Å²) in [5.41, 5.74) is 1.40. The van der Waals surface area contributed by atoms with Crippen LogP contribution in [0.3, 0.4) is 0 Å². The van der Waals surface area contributed by atoms with Crippen LogP contribution >= 0.6 is 22.9 Å². The molecular formula is C25H31ClN6OS. The SMILES string of the molecule is CCN1CCN(CCCNc2ncc(Cl)c(-c3cc4c(C(=O)NC5CC5)cccc4s3)n2)CC1. The molecule has 5 rings (SSSR count). The number of benzene rings is 1. The number of piperazine rings is 1. The lowest BCUT2D eigenvalue weighted by Gasteiger charge is -2.33.